The highest BCUT2D eigenvalue weighted by Gasteiger charge is 2.17. The summed E-state index contributed by atoms with van der Waals surface area (Å²) in [6, 6.07) is 6.41. The minimum atomic E-state index is -3.70. The van der Waals surface area contributed by atoms with Crippen LogP contribution in [0.5, 0.6) is 0 Å². The Hall–Kier alpha value is -1.60. The lowest BCUT2D eigenvalue weighted by atomic mass is 10.1. The smallest absolute Gasteiger partial charge is 0.262 e. The summed E-state index contributed by atoms with van der Waals surface area (Å²) in [5.41, 5.74) is 9.06. The van der Waals surface area contributed by atoms with Crippen LogP contribution in [0.2, 0.25) is 0 Å². The Morgan fingerprint density at radius 2 is 1.86 bits per heavy atom. The second-order valence-electron chi connectivity index (χ2n) is 4.83. The molecule has 1 heterocycles. The summed E-state index contributed by atoms with van der Waals surface area (Å²) in [5.74, 6) is 0. The molecule has 0 spiro atoms. The fourth-order valence-electron chi connectivity index (χ4n) is 1.85. The van der Waals surface area contributed by atoms with Gasteiger partial charge in [0.15, 0.2) is 0 Å². The van der Waals surface area contributed by atoms with E-state index in [4.69, 9.17) is 5.73 Å². The summed E-state index contributed by atoms with van der Waals surface area (Å²) >= 11 is 3.24. The molecule has 1 aromatic heterocycles. The van der Waals surface area contributed by atoms with Gasteiger partial charge in [-0.1, -0.05) is 0 Å². The van der Waals surface area contributed by atoms with Gasteiger partial charge in [-0.3, -0.25) is 4.72 Å². The monoisotopic (exact) mass is 369 g/mol. The highest BCUT2D eigenvalue weighted by atomic mass is 79.9. The fourth-order valence-corrected chi connectivity index (χ4v) is 3.48. The third-order valence-electron chi connectivity index (χ3n) is 3.29. The number of benzene rings is 1. The molecule has 0 saturated carbocycles. The molecule has 21 heavy (non-hydrogen) atoms. The summed E-state index contributed by atoms with van der Waals surface area (Å²) in [6.07, 6.45) is 0. The third-order valence-corrected chi connectivity index (χ3v) is 5.07. The van der Waals surface area contributed by atoms with Gasteiger partial charge in [0.25, 0.3) is 10.0 Å². The number of aryl methyl sites for hydroxylation is 2. The number of anilines is 2. The second kappa shape index (κ2) is 5.65. The van der Waals surface area contributed by atoms with Crippen LogP contribution in [0.15, 0.2) is 33.8 Å². The summed E-state index contributed by atoms with van der Waals surface area (Å²) in [6.45, 7) is 5.42. The van der Waals surface area contributed by atoms with Gasteiger partial charge in [0, 0.05) is 5.69 Å². The number of nitrogens with one attached hydrogen (secondary N) is 1. The summed E-state index contributed by atoms with van der Waals surface area (Å²) in [4.78, 5) is 4.31. The molecule has 0 unspecified atom stereocenters. The molecule has 2 aromatic rings. The van der Waals surface area contributed by atoms with Crippen molar-refractivity contribution in [1.29, 1.82) is 0 Å². The summed E-state index contributed by atoms with van der Waals surface area (Å²) in [5, 5.41) is 0. The standard InChI is InChI=1S/C14H16BrN3O2S/c1-8-6-11(7-12(16)9(8)2)21(19,20)18-13-4-5-14(15)17-10(13)3/h4-7,18H,16H2,1-3H3. The number of nitrogens with zero attached hydrogens (tertiary/aromatic N) is 1. The highest BCUT2D eigenvalue weighted by Crippen LogP contribution is 2.24. The van der Waals surface area contributed by atoms with Crippen molar-refractivity contribution in [3.63, 3.8) is 0 Å². The number of hydrogen-bond acceptors (Lipinski definition) is 4. The highest BCUT2D eigenvalue weighted by molar-refractivity contribution is 9.10. The SMILES string of the molecule is Cc1cc(S(=O)(=O)Nc2ccc(Br)nc2C)cc(N)c1C. The van der Waals surface area contributed by atoms with Gasteiger partial charge in [-0.2, -0.15) is 0 Å². The molecule has 0 radical (unpaired) electrons. The molecule has 3 N–H and O–H groups in total. The zero-order valence-electron chi connectivity index (χ0n) is 11.9. The largest absolute Gasteiger partial charge is 0.398 e. The van der Waals surface area contributed by atoms with E-state index in [0.29, 0.717) is 21.7 Å². The number of nitrogens with two attached hydrogens (primary N) is 1. The van der Waals surface area contributed by atoms with Crippen molar-refractivity contribution < 1.29 is 8.42 Å². The molecule has 0 aliphatic rings. The topological polar surface area (TPSA) is 85.1 Å². The molecule has 0 aliphatic heterocycles. The van der Waals surface area contributed by atoms with E-state index in [1.165, 1.54) is 6.07 Å². The quantitative estimate of drug-likeness (QED) is 0.642. The number of pyridine rings is 1. The van der Waals surface area contributed by atoms with Crippen molar-refractivity contribution in [3.05, 3.63) is 45.7 Å². The van der Waals surface area contributed by atoms with Crippen LogP contribution in [0.25, 0.3) is 0 Å². The summed E-state index contributed by atoms with van der Waals surface area (Å²) in [7, 11) is -3.70. The molecule has 0 amide bonds. The molecule has 1 aromatic carbocycles. The van der Waals surface area contributed by atoms with Gasteiger partial charge in [-0.25, -0.2) is 13.4 Å². The molecule has 0 aliphatic carbocycles. The van der Waals surface area contributed by atoms with Crippen LogP contribution in [0.3, 0.4) is 0 Å². The number of halogens is 1. The van der Waals surface area contributed by atoms with Crippen LogP contribution in [0.1, 0.15) is 16.8 Å². The first-order valence-corrected chi connectivity index (χ1v) is 8.51. The van der Waals surface area contributed by atoms with Crippen LogP contribution in [0, 0.1) is 20.8 Å². The van der Waals surface area contributed by atoms with Crippen LogP contribution in [-0.2, 0) is 10.0 Å². The Labute approximate surface area is 132 Å². The van der Waals surface area contributed by atoms with Crippen LogP contribution in [-0.4, -0.2) is 13.4 Å². The summed E-state index contributed by atoms with van der Waals surface area (Å²) < 4.78 is 28.1. The first-order chi connectivity index (χ1) is 9.70. The van der Waals surface area contributed by atoms with E-state index < -0.39 is 10.0 Å². The van der Waals surface area contributed by atoms with Crippen molar-refractivity contribution in [2.45, 2.75) is 25.7 Å². The van der Waals surface area contributed by atoms with Crippen LogP contribution >= 0.6 is 15.9 Å². The Kier molecular flexibility index (Phi) is 4.25. The van der Waals surface area contributed by atoms with Gasteiger partial charge in [-0.15, -0.1) is 0 Å². The lowest BCUT2D eigenvalue weighted by molar-refractivity contribution is 0.601. The molecule has 7 heteroatoms. The van der Waals surface area contributed by atoms with Crippen LogP contribution < -0.4 is 10.5 Å². The first kappa shape index (κ1) is 15.8. The van der Waals surface area contributed by atoms with Gasteiger partial charge in [0.1, 0.15) is 4.60 Å². The minimum absolute atomic E-state index is 0.144. The Morgan fingerprint density at radius 1 is 1.19 bits per heavy atom. The predicted molar refractivity (Wildman–Crippen MR) is 87.8 cm³/mol. The molecule has 2 rings (SSSR count). The number of sulfonamides is 1. The molecule has 0 atom stereocenters. The molecule has 0 saturated heterocycles. The number of aromatic nitrogens is 1. The average molecular weight is 370 g/mol. The third kappa shape index (κ3) is 3.36. The minimum Gasteiger partial charge on any atom is -0.398 e. The van der Waals surface area contributed by atoms with E-state index in [1.807, 2.05) is 13.8 Å². The molecule has 0 bridgehead atoms. The van der Waals surface area contributed by atoms with Crippen molar-refractivity contribution in [1.82, 2.24) is 4.98 Å². The normalized spacial score (nSPS) is 11.4. The van der Waals surface area contributed by atoms with Gasteiger partial charge in [-0.05, 0) is 72.1 Å². The van der Waals surface area contributed by atoms with Crippen molar-refractivity contribution in [2.75, 3.05) is 10.5 Å². The first-order valence-electron chi connectivity index (χ1n) is 6.23. The van der Waals surface area contributed by atoms with Crippen molar-refractivity contribution in [2.24, 2.45) is 0 Å². The second-order valence-corrected chi connectivity index (χ2v) is 7.32. The lowest BCUT2D eigenvalue weighted by Gasteiger charge is -2.13. The van der Waals surface area contributed by atoms with E-state index in [9.17, 15) is 8.42 Å². The molecule has 0 fully saturated rings. The Balaban J connectivity index is 2.43. The van der Waals surface area contributed by atoms with Crippen LogP contribution in [0.4, 0.5) is 11.4 Å². The van der Waals surface area contributed by atoms with E-state index in [-0.39, 0.29) is 4.90 Å². The van der Waals surface area contributed by atoms with Gasteiger partial charge in [0.2, 0.25) is 0 Å². The molecule has 112 valence electrons. The number of rotatable bonds is 3. The predicted octanol–water partition coefficient (Wildman–Crippen LogP) is 3.15. The lowest BCUT2D eigenvalue weighted by Crippen LogP contribution is -2.15. The zero-order valence-corrected chi connectivity index (χ0v) is 14.3. The zero-order chi connectivity index (χ0) is 15.8. The van der Waals surface area contributed by atoms with Gasteiger partial charge < -0.3 is 5.73 Å². The van der Waals surface area contributed by atoms with E-state index in [2.05, 4.69) is 25.6 Å². The van der Waals surface area contributed by atoms with E-state index >= 15 is 0 Å². The fraction of sp³-hybridized carbons (Fsp3) is 0.214. The molecule has 5 nitrogen and oxygen atoms in total. The maximum absolute atomic E-state index is 12.4. The van der Waals surface area contributed by atoms with Gasteiger partial charge in [0.05, 0.1) is 16.3 Å². The van der Waals surface area contributed by atoms with Gasteiger partial charge >= 0.3 is 0 Å². The van der Waals surface area contributed by atoms with E-state index in [1.54, 1.807) is 25.1 Å². The van der Waals surface area contributed by atoms with E-state index in [0.717, 1.165) is 11.1 Å². The Bertz CT molecular complexity index is 781. The van der Waals surface area contributed by atoms with Crippen molar-refractivity contribution in [3.8, 4) is 0 Å². The number of nitrogen functional groups attached to an aromatic ring is 1. The Morgan fingerprint density at radius 3 is 2.43 bits per heavy atom. The molecular formula is C14H16BrN3O2S. The van der Waals surface area contributed by atoms with Crippen molar-refractivity contribution >= 4 is 37.3 Å². The average Bonchev–Trinajstić information content (AvgIpc) is 2.38. The maximum Gasteiger partial charge on any atom is 0.262 e. The number of hydrogen-bond donors (Lipinski definition) is 2. The maximum atomic E-state index is 12.4. The molecular weight excluding hydrogens is 354 g/mol.